The molecule has 0 spiro atoms. The SMILES string of the molecule is CNC(=O)CSc1n[nH]c(=O)n1C. The van der Waals surface area contributed by atoms with Gasteiger partial charge in [-0.25, -0.2) is 9.89 Å². The van der Waals surface area contributed by atoms with Crippen molar-refractivity contribution in [3.05, 3.63) is 10.5 Å². The Morgan fingerprint density at radius 3 is 2.92 bits per heavy atom. The van der Waals surface area contributed by atoms with Gasteiger partial charge in [0, 0.05) is 14.1 Å². The summed E-state index contributed by atoms with van der Waals surface area (Å²) < 4.78 is 1.35. The second-order valence-electron chi connectivity index (χ2n) is 2.33. The maximum Gasteiger partial charge on any atom is 0.343 e. The van der Waals surface area contributed by atoms with Gasteiger partial charge >= 0.3 is 5.69 Å². The van der Waals surface area contributed by atoms with Gasteiger partial charge in [-0.2, -0.15) is 0 Å². The third kappa shape index (κ3) is 2.35. The van der Waals surface area contributed by atoms with E-state index in [2.05, 4.69) is 15.5 Å². The lowest BCUT2D eigenvalue weighted by Crippen LogP contribution is -2.20. The number of thioether (sulfide) groups is 1. The Kier molecular flexibility index (Phi) is 3.13. The zero-order chi connectivity index (χ0) is 9.84. The molecule has 0 radical (unpaired) electrons. The molecule has 0 unspecified atom stereocenters. The molecule has 0 saturated heterocycles. The minimum absolute atomic E-state index is 0.0968. The van der Waals surface area contributed by atoms with Gasteiger partial charge in [-0.05, 0) is 0 Å². The molecule has 0 fully saturated rings. The zero-order valence-electron chi connectivity index (χ0n) is 7.33. The first-order valence-electron chi connectivity index (χ1n) is 3.60. The number of aromatic nitrogens is 3. The number of rotatable bonds is 3. The van der Waals surface area contributed by atoms with E-state index in [4.69, 9.17) is 0 Å². The van der Waals surface area contributed by atoms with Gasteiger partial charge in [0.1, 0.15) is 0 Å². The van der Waals surface area contributed by atoms with Crippen molar-refractivity contribution in [2.75, 3.05) is 12.8 Å². The van der Waals surface area contributed by atoms with Crippen LogP contribution in [0.25, 0.3) is 0 Å². The van der Waals surface area contributed by atoms with Crippen LogP contribution in [0.15, 0.2) is 9.95 Å². The number of carbonyl (C=O) groups is 1. The lowest BCUT2D eigenvalue weighted by atomic mass is 10.7. The highest BCUT2D eigenvalue weighted by Crippen LogP contribution is 2.10. The number of hydrogen-bond acceptors (Lipinski definition) is 4. The van der Waals surface area contributed by atoms with Crippen molar-refractivity contribution in [1.82, 2.24) is 20.1 Å². The number of nitrogens with zero attached hydrogens (tertiary/aromatic N) is 2. The third-order valence-electron chi connectivity index (χ3n) is 1.45. The Morgan fingerprint density at radius 1 is 1.77 bits per heavy atom. The highest BCUT2D eigenvalue weighted by Gasteiger charge is 2.06. The van der Waals surface area contributed by atoms with E-state index in [0.29, 0.717) is 5.16 Å². The topological polar surface area (TPSA) is 79.8 Å². The summed E-state index contributed by atoms with van der Waals surface area (Å²) in [4.78, 5) is 21.7. The summed E-state index contributed by atoms with van der Waals surface area (Å²) in [7, 11) is 3.16. The molecule has 6 nitrogen and oxygen atoms in total. The van der Waals surface area contributed by atoms with Crippen LogP contribution in [0.3, 0.4) is 0 Å². The average molecular weight is 202 g/mol. The number of carbonyl (C=O) groups excluding carboxylic acids is 1. The fraction of sp³-hybridized carbons (Fsp3) is 0.500. The molecule has 1 aromatic rings. The number of H-pyrrole nitrogens is 1. The van der Waals surface area contributed by atoms with E-state index in [9.17, 15) is 9.59 Å². The van der Waals surface area contributed by atoms with E-state index in [0.717, 1.165) is 0 Å². The lowest BCUT2D eigenvalue weighted by Gasteiger charge is -1.97. The molecule has 2 N–H and O–H groups in total. The summed E-state index contributed by atoms with van der Waals surface area (Å²) in [6, 6.07) is 0. The Bertz CT molecular complexity index is 356. The minimum atomic E-state index is -0.278. The van der Waals surface area contributed by atoms with Gasteiger partial charge < -0.3 is 5.32 Å². The first kappa shape index (κ1) is 9.85. The molecule has 0 aliphatic rings. The van der Waals surface area contributed by atoms with E-state index >= 15 is 0 Å². The second-order valence-corrected chi connectivity index (χ2v) is 3.27. The quantitative estimate of drug-likeness (QED) is 0.613. The molecule has 1 rings (SSSR count). The Balaban J connectivity index is 2.60. The van der Waals surface area contributed by atoms with Crippen LogP contribution in [0.4, 0.5) is 0 Å². The van der Waals surface area contributed by atoms with Crippen LogP contribution in [0, 0.1) is 0 Å². The molecule has 0 saturated carbocycles. The first-order valence-corrected chi connectivity index (χ1v) is 4.58. The maximum absolute atomic E-state index is 10.9. The van der Waals surface area contributed by atoms with Crippen LogP contribution in [-0.2, 0) is 11.8 Å². The fourth-order valence-electron chi connectivity index (χ4n) is 0.664. The van der Waals surface area contributed by atoms with E-state index in [1.54, 1.807) is 14.1 Å². The molecule has 13 heavy (non-hydrogen) atoms. The van der Waals surface area contributed by atoms with Crippen molar-refractivity contribution in [2.45, 2.75) is 5.16 Å². The lowest BCUT2D eigenvalue weighted by molar-refractivity contribution is -0.118. The van der Waals surface area contributed by atoms with Crippen molar-refractivity contribution in [3.8, 4) is 0 Å². The molecular formula is C6H10N4O2S. The monoisotopic (exact) mass is 202 g/mol. The predicted molar refractivity (Wildman–Crippen MR) is 48.6 cm³/mol. The van der Waals surface area contributed by atoms with Crippen molar-refractivity contribution in [3.63, 3.8) is 0 Å². The molecule has 1 heterocycles. The minimum Gasteiger partial charge on any atom is -0.358 e. The Labute approximate surface area is 78.7 Å². The van der Waals surface area contributed by atoms with Crippen molar-refractivity contribution < 1.29 is 4.79 Å². The van der Waals surface area contributed by atoms with E-state index in [1.807, 2.05) is 0 Å². The number of aromatic amines is 1. The number of amides is 1. The summed E-state index contributed by atoms with van der Waals surface area (Å²) in [6.07, 6.45) is 0. The Hall–Kier alpha value is -1.24. The van der Waals surface area contributed by atoms with Crippen molar-refractivity contribution >= 4 is 17.7 Å². The van der Waals surface area contributed by atoms with Gasteiger partial charge in [0.05, 0.1) is 5.75 Å². The van der Waals surface area contributed by atoms with E-state index in [-0.39, 0.29) is 17.3 Å². The van der Waals surface area contributed by atoms with Gasteiger partial charge in [0.2, 0.25) is 5.91 Å². The van der Waals surface area contributed by atoms with Crippen LogP contribution in [0.1, 0.15) is 0 Å². The summed E-state index contributed by atoms with van der Waals surface area (Å²) in [5, 5.41) is 9.00. The van der Waals surface area contributed by atoms with Crippen LogP contribution in [-0.4, -0.2) is 33.5 Å². The number of hydrogen-bond donors (Lipinski definition) is 2. The van der Waals surface area contributed by atoms with Crippen LogP contribution in [0.2, 0.25) is 0 Å². The maximum atomic E-state index is 10.9. The molecule has 0 aliphatic heterocycles. The molecule has 72 valence electrons. The largest absolute Gasteiger partial charge is 0.358 e. The van der Waals surface area contributed by atoms with Crippen LogP contribution >= 0.6 is 11.8 Å². The summed E-state index contributed by atoms with van der Waals surface area (Å²) in [5.41, 5.74) is -0.278. The van der Waals surface area contributed by atoms with Crippen LogP contribution in [0.5, 0.6) is 0 Å². The van der Waals surface area contributed by atoms with Crippen LogP contribution < -0.4 is 11.0 Å². The molecule has 0 aliphatic carbocycles. The molecule has 0 atom stereocenters. The van der Waals surface area contributed by atoms with E-state index < -0.39 is 0 Å². The average Bonchev–Trinajstić information content (AvgIpc) is 2.44. The summed E-state index contributed by atoms with van der Waals surface area (Å²) in [5.74, 6) is 0.162. The van der Waals surface area contributed by atoms with Crippen molar-refractivity contribution in [1.29, 1.82) is 0 Å². The standard InChI is InChI=1S/C6H10N4O2S/c1-7-4(11)3-13-6-9-8-5(12)10(6)2/h3H2,1-2H3,(H,7,11)(H,8,12). The van der Waals surface area contributed by atoms with Gasteiger partial charge in [-0.3, -0.25) is 9.36 Å². The summed E-state index contributed by atoms with van der Waals surface area (Å²) in [6.45, 7) is 0. The molecule has 1 aromatic heterocycles. The second kappa shape index (κ2) is 4.13. The van der Waals surface area contributed by atoms with Crippen molar-refractivity contribution in [2.24, 2.45) is 7.05 Å². The molecule has 1 amide bonds. The molecule has 7 heteroatoms. The zero-order valence-corrected chi connectivity index (χ0v) is 8.14. The normalized spacial score (nSPS) is 10.0. The van der Waals surface area contributed by atoms with Gasteiger partial charge in [0.15, 0.2) is 5.16 Å². The highest BCUT2D eigenvalue weighted by atomic mass is 32.2. The molecule has 0 aromatic carbocycles. The molecule has 0 bridgehead atoms. The van der Waals surface area contributed by atoms with E-state index in [1.165, 1.54) is 16.3 Å². The van der Waals surface area contributed by atoms with Gasteiger partial charge in [0.25, 0.3) is 0 Å². The number of nitrogens with one attached hydrogen (secondary N) is 2. The predicted octanol–water partition coefficient (Wildman–Crippen LogP) is -1.05. The first-order chi connectivity index (χ1) is 6.15. The Morgan fingerprint density at radius 2 is 2.46 bits per heavy atom. The third-order valence-corrected chi connectivity index (χ3v) is 2.48. The molecular weight excluding hydrogens is 192 g/mol. The summed E-state index contributed by atoms with van der Waals surface area (Å²) >= 11 is 1.21. The van der Waals surface area contributed by atoms with Gasteiger partial charge in [-0.15, -0.1) is 5.10 Å². The fourth-order valence-corrected chi connectivity index (χ4v) is 1.46. The smallest absolute Gasteiger partial charge is 0.343 e. The van der Waals surface area contributed by atoms with Gasteiger partial charge in [-0.1, -0.05) is 11.8 Å². The highest BCUT2D eigenvalue weighted by molar-refractivity contribution is 7.99.